The monoisotopic (exact) mass is 352 g/mol. The lowest BCUT2D eigenvalue weighted by molar-refractivity contribution is -0.116. The van der Waals surface area contributed by atoms with Crippen LogP contribution in [0, 0.1) is 5.82 Å². The van der Waals surface area contributed by atoms with Crippen molar-refractivity contribution in [2.75, 3.05) is 11.9 Å². The number of ether oxygens (including phenoxy) is 1. The van der Waals surface area contributed by atoms with Gasteiger partial charge in [-0.1, -0.05) is 18.2 Å². The van der Waals surface area contributed by atoms with Crippen LogP contribution in [0.3, 0.4) is 0 Å². The molecule has 1 N–H and O–H groups in total. The molecule has 1 atom stereocenters. The second-order valence-corrected chi connectivity index (χ2v) is 6.18. The van der Waals surface area contributed by atoms with Crippen LogP contribution in [-0.4, -0.2) is 17.5 Å². The van der Waals surface area contributed by atoms with Gasteiger partial charge >= 0.3 is 0 Å². The standard InChI is InChI=1S/C20H17FN2O3/c21-17-10-14(5-6-16(17)19-11-22-12-26-19)23-20(24)9-13-7-8-25-18-4-2-1-3-15(13)18/h1-6,10-13H,7-9H2,(H,23,24). The zero-order chi connectivity index (χ0) is 17.9. The smallest absolute Gasteiger partial charge is 0.224 e. The van der Waals surface area contributed by atoms with Gasteiger partial charge in [0, 0.05) is 12.1 Å². The van der Waals surface area contributed by atoms with Crippen LogP contribution >= 0.6 is 0 Å². The molecular weight excluding hydrogens is 335 g/mol. The first kappa shape index (κ1) is 16.3. The molecule has 5 nitrogen and oxygen atoms in total. The Morgan fingerprint density at radius 2 is 2.15 bits per heavy atom. The van der Waals surface area contributed by atoms with Crippen LogP contribution in [-0.2, 0) is 4.79 Å². The van der Waals surface area contributed by atoms with Gasteiger partial charge in [0.25, 0.3) is 0 Å². The Hall–Kier alpha value is -3.15. The van der Waals surface area contributed by atoms with Gasteiger partial charge in [0.2, 0.25) is 5.91 Å². The molecule has 0 saturated heterocycles. The highest BCUT2D eigenvalue weighted by Crippen LogP contribution is 2.35. The van der Waals surface area contributed by atoms with Crippen molar-refractivity contribution < 1.29 is 18.3 Å². The summed E-state index contributed by atoms with van der Waals surface area (Å²) in [6, 6.07) is 12.3. The summed E-state index contributed by atoms with van der Waals surface area (Å²) in [5.74, 6) is 0.644. The first-order valence-corrected chi connectivity index (χ1v) is 8.40. The minimum Gasteiger partial charge on any atom is -0.493 e. The van der Waals surface area contributed by atoms with E-state index in [4.69, 9.17) is 9.15 Å². The molecule has 4 rings (SSSR count). The summed E-state index contributed by atoms with van der Waals surface area (Å²) in [4.78, 5) is 16.2. The number of nitrogens with one attached hydrogen (secondary N) is 1. The van der Waals surface area contributed by atoms with Gasteiger partial charge < -0.3 is 14.5 Å². The molecule has 2 aromatic carbocycles. The fraction of sp³-hybridized carbons (Fsp3) is 0.200. The van der Waals surface area contributed by atoms with Crippen LogP contribution in [0.1, 0.15) is 24.3 Å². The second-order valence-electron chi connectivity index (χ2n) is 6.18. The van der Waals surface area contributed by atoms with Crippen LogP contribution in [0.4, 0.5) is 10.1 Å². The van der Waals surface area contributed by atoms with Crippen molar-refractivity contribution in [2.24, 2.45) is 0 Å². The van der Waals surface area contributed by atoms with Crippen molar-refractivity contribution in [3.05, 3.63) is 66.4 Å². The van der Waals surface area contributed by atoms with Crippen LogP contribution in [0.25, 0.3) is 11.3 Å². The molecule has 26 heavy (non-hydrogen) atoms. The number of carbonyl (C=O) groups excluding carboxylic acids is 1. The van der Waals surface area contributed by atoms with Crippen LogP contribution in [0.15, 0.2) is 59.5 Å². The third kappa shape index (κ3) is 3.31. The molecule has 3 aromatic rings. The molecule has 1 unspecified atom stereocenters. The quantitative estimate of drug-likeness (QED) is 0.757. The zero-order valence-electron chi connectivity index (χ0n) is 13.9. The molecule has 1 amide bonds. The van der Waals surface area contributed by atoms with Gasteiger partial charge in [0.05, 0.1) is 18.4 Å². The van der Waals surface area contributed by atoms with E-state index in [1.165, 1.54) is 18.7 Å². The molecule has 132 valence electrons. The average Bonchev–Trinajstić information content (AvgIpc) is 3.16. The van der Waals surface area contributed by atoms with E-state index < -0.39 is 5.82 Å². The molecule has 0 aliphatic carbocycles. The predicted molar refractivity (Wildman–Crippen MR) is 94.4 cm³/mol. The Bertz CT molecular complexity index is 925. The van der Waals surface area contributed by atoms with E-state index in [0.717, 1.165) is 17.7 Å². The third-order valence-corrected chi connectivity index (χ3v) is 4.47. The second kappa shape index (κ2) is 7.00. The van der Waals surface area contributed by atoms with Crippen LogP contribution in [0.2, 0.25) is 0 Å². The van der Waals surface area contributed by atoms with Gasteiger partial charge in [0.1, 0.15) is 11.6 Å². The molecule has 1 aliphatic heterocycles. The topological polar surface area (TPSA) is 64.4 Å². The van der Waals surface area contributed by atoms with Gasteiger partial charge in [-0.2, -0.15) is 0 Å². The van der Waals surface area contributed by atoms with Crippen molar-refractivity contribution in [2.45, 2.75) is 18.8 Å². The maximum atomic E-state index is 14.3. The highest BCUT2D eigenvalue weighted by molar-refractivity contribution is 5.91. The Labute approximate surface area is 149 Å². The first-order chi connectivity index (χ1) is 12.7. The van der Waals surface area contributed by atoms with Gasteiger partial charge in [-0.15, -0.1) is 0 Å². The van der Waals surface area contributed by atoms with Gasteiger partial charge in [0.15, 0.2) is 12.2 Å². The number of carbonyl (C=O) groups is 1. The number of amides is 1. The number of benzene rings is 2. The Morgan fingerprint density at radius 1 is 1.27 bits per heavy atom. The number of halogens is 1. The predicted octanol–water partition coefficient (Wildman–Crippen LogP) is 4.38. The summed E-state index contributed by atoms with van der Waals surface area (Å²) in [7, 11) is 0. The first-order valence-electron chi connectivity index (χ1n) is 8.40. The molecular formula is C20H17FN2O3. The summed E-state index contributed by atoms with van der Waals surface area (Å²) >= 11 is 0. The van der Waals surface area contributed by atoms with Crippen molar-refractivity contribution in [3.63, 3.8) is 0 Å². The number of oxazole rings is 1. The minimum atomic E-state index is -0.476. The van der Waals surface area contributed by atoms with E-state index >= 15 is 0 Å². The maximum Gasteiger partial charge on any atom is 0.224 e. The van der Waals surface area contributed by atoms with E-state index in [1.807, 2.05) is 24.3 Å². The van der Waals surface area contributed by atoms with Gasteiger partial charge in [-0.25, -0.2) is 9.37 Å². The van der Waals surface area contributed by atoms with Crippen molar-refractivity contribution in [1.29, 1.82) is 0 Å². The lowest BCUT2D eigenvalue weighted by Crippen LogP contribution is -2.20. The van der Waals surface area contributed by atoms with Gasteiger partial charge in [-0.05, 0) is 42.2 Å². The molecule has 1 aliphatic rings. The number of nitrogens with zero attached hydrogens (tertiary/aromatic N) is 1. The van der Waals surface area contributed by atoms with Crippen LogP contribution < -0.4 is 10.1 Å². The van der Waals surface area contributed by atoms with Crippen molar-refractivity contribution >= 4 is 11.6 Å². The number of para-hydroxylation sites is 1. The number of anilines is 1. The van der Waals surface area contributed by atoms with E-state index in [-0.39, 0.29) is 11.8 Å². The summed E-state index contributed by atoms with van der Waals surface area (Å²) < 4.78 is 25.0. The molecule has 0 bridgehead atoms. The van der Waals surface area contributed by atoms with E-state index in [2.05, 4.69) is 10.3 Å². The molecule has 2 heterocycles. The fourth-order valence-corrected chi connectivity index (χ4v) is 3.21. The number of hydrogen-bond donors (Lipinski definition) is 1. The largest absolute Gasteiger partial charge is 0.493 e. The average molecular weight is 352 g/mol. The lowest BCUT2D eigenvalue weighted by Gasteiger charge is -2.25. The molecule has 0 fully saturated rings. The fourth-order valence-electron chi connectivity index (χ4n) is 3.21. The number of aromatic nitrogens is 1. The Morgan fingerprint density at radius 3 is 2.96 bits per heavy atom. The molecule has 6 heteroatoms. The molecule has 0 spiro atoms. The SMILES string of the molecule is O=C(CC1CCOc2ccccc21)Nc1ccc(-c2cnco2)c(F)c1. The Kier molecular flexibility index (Phi) is 4.39. The molecule has 0 radical (unpaired) electrons. The van der Waals surface area contributed by atoms with E-state index in [0.29, 0.717) is 30.0 Å². The lowest BCUT2D eigenvalue weighted by atomic mass is 9.90. The van der Waals surface area contributed by atoms with Gasteiger partial charge in [-0.3, -0.25) is 4.79 Å². The maximum absolute atomic E-state index is 14.3. The van der Waals surface area contributed by atoms with Crippen LogP contribution in [0.5, 0.6) is 5.75 Å². The number of hydrogen-bond acceptors (Lipinski definition) is 4. The highest BCUT2D eigenvalue weighted by atomic mass is 19.1. The summed E-state index contributed by atoms with van der Waals surface area (Å²) in [6.07, 6.45) is 3.80. The van der Waals surface area contributed by atoms with Crippen molar-refractivity contribution in [1.82, 2.24) is 4.98 Å². The zero-order valence-corrected chi connectivity index (χ0v) is 13.9. The summed E-state index contributed by atoms with van der Waals surface area (Å²) in [6.45, 7) is 0.593. The molecule has 0 saturated carbocycles. The van der Waals surface area contributed by atoms with E-state index in [1.54, 1.807) is 12.1 Å². The minimum absolute atomic E-state index is 0.0956. The normalized spacial score (nSPS) is 15.8. The highest BCUT2D eigenvalue weighted by Gasteiger charge is 2.23. The van der Waals surface area contributed by atoms with E-state index in [9.17, 15) is 9.18 Å². The van der Waals surface area contributed by atoms with Crippen molar-refractivity contribution in [3.8, 4) is 17.1 Å². The molecule has 1 aromatic heterocycles. The summed E-state index contributed by atoms with van der Waals surface area (Å²) in [5, 5.41) is 2.77. The Balaban J connectivity index is 1.45. The third-order valence-electron chi connectivity index (χ3n) is 4.47. The number of fused-ring (bicyclic) bond motifs is 1. The number of rotatable bonds is 4. The summed E-state index contributed by atoms with van der Waals surface area (Å²) in [5.41, 5.74) is 1.76.